The minimum atomic E-state index is -6.37. The van der Waals surface area contributed by atoms with Crippen LogP contribution in [0.25, 0.3) is 21.8 Å². The predicted octanol–water partition coefficient (Wildman–Crippen LogP) is 10.4. The number of esters is 2. The Morgan fingerprint density at radius 2 is 1.09 bits per heavy atom. The molecule has 0 unspecified atom stereocenters. The fourth-order valence-electron chi connectivity index (χ4n) is 8.84. The van der Waals surface area contributed by atoms with Gasteiger partial charge in [-0.2, -0.15) is 26.0 Å². The van der Waals surface area contributed by atoms with E-state index >= 15 is 4.39 Å². The Kier molecular flexibility index (Phi) is 19.1. The first-order valence-electron chi connectivity index (χ1n) is 25.7. The van der Waals surface area contributed by atoms with Crippen molar-refractivity contribution in [2.75, 3.05) is 26.3 Å². The van der Waals surface area contributed by atoms with Crippen LogP contribution >= 0.6 is 0 Å². The van der Waals surface area contributed by atoms with E-state index < -0.39 is 107 Å². The second-order valence-corrected chi connectivity index (χ2v) is 22.7. The van der Waals surface area contributed by atoms with E-state index in [1.54, 1.807) is 42.1 Å². The number of carbonyl (C=O) groups excluding carboxylic acids is 4. The first-order chi connectivity index (χ1) is 37.3. The maximum absolute atomic E-state index is 15.0. The van der Waals surface area contributed by atoms with E-state index in [4.69, 9.17) is 25.4 Å². The van der Waals surface area contributed by atoms with Gasteiger partial charge >= 0.3 is 39.8 Å². The van der Waals surface area contributed by atoms with Crippen molar-refractivity contribution in [3.8, 4) is 29.9 Å². The second kappa shape index (κ2) is 24.6. The first kappa shape index (κ1) is 61.9. The highest BCUT2D eigenvalue weighted by molar-refractivity contribution is 7.88. The van der Waals surface area contributed by atoms with Gasteiger partial charge in [0, 0.05) is 62.5 Å². The third-order valence-corrected chi connectivity index (χ3v) is 13.6. The molecule has 4 heterocycles. The van der Waals surface area contributed by atoms with Gasteiger partial charge in [-0.1, -0.05) is 11.8 Å². The Morgan fingerprint density at radius 1 is 0.662 bits per heavy atom. The molecule has 8 rings (SSSR count). The fraction of sp³-hybridized carbons (Fsp3) is 0.527. The number of hydrogen-bond acceptors (Lipinski definition) is 13. The van der Waals surface area contributed by atoms with Crippen molar-refractivity contribution in [3.05, 3.63) is 84.9 Å². The molecule has 434 valence electrons. The Hall–Kier alpha value is -7.28. The van der Waals surface area contributed by atoms with Crippen LogP contribution in [-0.2, 0) is 29.1 Å². The lowest BCUT2D eigenvalue weighted by atomic mass is 10.0. The van der Waals surface area contributed by atoms with Crippen molar-refractivity contribution >= 4 is 56.0 Å². The molecule has 2 aliphatic carbocycles. The summed E-state index contributed by atoms with van der Waals surface area (Å²) in [6, 6.07) is 0.597. The summed E-state index contributed by atoms with van der Waals surface area (Å²) in [4.78, 5) is 77.7. The molecule has 80 heavy (non-hydrogen) atoms. The summed E-state index contributed by atoms with van der Waals surface area (Å²) in [5, 5.41) is -0.847. The summed E-state index contributed by atoms with van der Waals surface area (Å²) < 4.78 is 146. The maximum atomic E-state index is 15.0. The number of nitrogens with zero attached hydrogens (tertiary/aromatic N) is 4. The van der Waals surface area contributed by atoms with E-state index in [2.05, 4.69) is 21.9 Å². The monoisotopic (exact) mass is 1150 g/mol. The highest BCUT2D eigenvalue weighted by atomic mass is 32.2. The zero-order valence-electron chi connectivity index (χ0n) is 45.2. The molecule has 4 fully saturated rings. The van der Waals surface area contributed by atoms with Crippen molar-refractivity contribution in [1.29, 1.82) is 0 Å². The standard InChI is InChI=1S/C27H30F2N2O5.C16H12F5NO6S.C12H19NO2/c1-5-35-25(33)20-15-31(17-11-12-17)23-18(22(29)21(28)14-19(23)24(20)32)10-6-8-16-9-7-13-30(16)26(34)36-27(2,3)4;1-2-27-15(24)9-6-22(7-3-4-7)12-8(13(9)23)5-10(17)11(18)14(12)28-29(25,26)16(19,20)21;1-5-7-10-8-6-9-13(10)11(14)15-12(2,3)4/h14-17H,5,7-9,11-13H2,1-4H3;5-7H,2-4H2,1H3;1,10H,6-9H2,2-4H3/t16-;;10-/m1.1/s1. The maximum Gasteiger partial charge on any atom is 0.534 e. The van der Waals surface area contributed by atoms with Crippen molar-refractivity contribution in [2.24, 2.45) is 0 Å². The number of aromatic nitrogens is 2. The van der Waals surface area contributed by atoms with Gasteiger partial charge in [0.25, 0.3) is 0 Å². The number of hydrogen-bond donors (Lipinski definition) is 0. The number of ether oxygens (including phenoxy) is 4. The molecule has 4 aromatic rings. The molecule has 25 heteroatoms. The van der Waals surface area contributed by atoms with Crippen molar-refractivity contribution in [1.82, 2.24) is 18.9 Å². The number of terminal acetylenes is 1. The molecule has 2 saturated carbocycles. The van der Waals surface area contributed by atoms with Gasteiger partial charge < -0.3 is 42.1 Å². The lowest BCUT2D eigenvalue weighted by molar-refractivity contribution is -0.0500. The molecule has 17 nitrogen and oxygen atoms in total. The van der Waals surface area contributed by atoms with E-state index in [1.807, 2.05) is 20.8 Å². The molecule has 4 aliphatic rings. The Morgan fingerprint density at radius 3 is 1.50 bits per heavy atom. The number of carbonyl (C=O) groups is 4. The fourth-order valence-corrected chi connectivity index (χ4v) is 9.31. The van der Waals surface area contributed by atoms with Crippen LogP contribution in [-0.4, -0.2) is 107 Å². The van der Waals surface area contributed by atoms with Crippen molar-refractivity contribution < 1.29 is 81.5 Å². The van der Waals surface area contributed by atoms with Gasteiger partial charge in [-0.05, 0) is 119 Å². The lowest BCUT2D eigenvalue weighted by Crippen LogP contribution is -2.39. The predicted molar refractivity (Wildman–Crippen MR) is 277 cm³/mol. The Labute approximate surface area is 456 Å². The van der Waals surface area contributed by atoms with Crippen LogP contribution in [0.3, 0.4) is 0 Å². The molecule has 2 aromatic carbocycles. The molecule has 2 atom stereocenters. The van der Waals surface area contributed by atoms with Crippen molar-refractivity contribution in [3.63, 3.8) is 0 Å². The van der Waals surface area contributed by atoms with E-state index in [9.17, 15) is 63.5 Å². The van der Waals surface area contributed by atoms with Gasteiger partial charge in [-0.3, -0.25) is 9.59 Å². The van der Waals surface area contributed by atoms with Gasteiger partial charge in [0.15, 0.2) is 17.5 Å². The van der Waals surface area contributed by atoms with Crippen LogP contribution in [0.15, 0.2) is 34.1 Å². The quantitative estimate of drug-likeness (QED) is 0.0363. The number of fused-ring (bicyclic) bond motifs is 2. The largest absolute Gasteiger partial charge is 0.534 e. The molecule has 2 amide bonds. The van der Waals surface area contributed by atoms with E-state index in [1.165, 1.54) is 13.1 Å². The van der Waals surface area contributed by atoms with Crippen LogP contribution in [0.1, 0.15) is 158 Å². The Bertz CT molecular complexity index is 3410. The van der Waals surface area contributed by atoms with Gasteiger partial charge in [-0.15, -0.1) is 12.3 Å². The highest BCUT2D eigenvalue weighted by Crippen LogP contribution is 2.42. The molecule has 0 bridgehead atoms. The summed E-state index contributed by atoms with van der Waals surface area (Å²) in [6.07, 6.45) is 13.7. The number of benzene rings is 2. The molecule has 0 spiro atoms. The first-order valence-corrected chi connectivity index (χ1v) is 27.2. The molecule has 0 radical (unpaired) electrons. The number of halogens is 7. The van der Waals surface area contributed by atoms with Crippen LogP contribution in [0.5, 0.6) is 5.75 Å². The smallest absolute Gasteiger partial charge is 0.462 e. The molecular weight excluding hydrogens is 1090 g/mol. The SMILES string of the molecule is C#CC[C@@H]1CCCN1C(=O)OC(C)(C)C.CCOC(=O)c1cn(C2CC2)c2c(C#CC[C@@H]3CCCN3C(=O)OC(C)(C)C)c(F)c(F)cc2c1=O.CCOC(=O)c1cn(C2CC2)c2c(OS(=O)(=O)C(F)(F)F)c(F)c(F)cc2c1=O. The Balaban J connectivity index is 0.000000209. The number of rotatable bonds is 10. The number of alkyl halides is 3. The third kappa shape index (κ3) is 14.5. The number of pyridine rings is 2. The molecule has 2 aliphatic heterocycles. The average molecular weight is 1150 g/mol. The lowest BCUT2D eigenvalue weighted by Gasteiger charge is -2.27. The summed E-state index contributed by atoms with van der Waals surface area (Å²) in [6.45, 7) is 15.4. The molecule has 2 aromatic heterocycles. The van der Waals surface area contributed by atoms with Crippen LogP contribution in [0.2, 0.25) is 0 Å². The van der Waals surface area contributed by atoms with Gasteiger partial charge in [-0.25, -0.2) is 32.3 Å². The van der Waals surface area contributed by atoms with Crippen LogP contribution in [0, 0.1) is 47.5 Å². The van der Waals surface area contributed by atoms with Gasteiger partial charge in [0.2, 0.25) is 22.4 Å². The highest BCUT2D eigenvalue weighted by Gasteiger charge is 2.50. The van der Waals surface area contributed by atoms with Gasteiger partial charge in [0.05, 0.1) is 35.1 Å². The zero-order valence-corrected chi connectivity index (χ0v) is 46.1. The van der Waals surface area contributed by atoms with E-state index in [0.717, 1.165) is 61.9 Å². The van der Waals surface area contributed by atoms with E-state index in [0.29, 0.717) is 31.9 Å². The minimum absolute atomic E-state index is 0.0517. The molecular formula is C55H61F7N4O13S. The van der Waals surface area contributed by atoms with Gasteiger partial charge in [0.1, 0.15) is 27.8 Å². The summed E-state index contributed by atoms with van der Waals surface area (Å²) in [5.74, 6) is -1.48. The third-order valence-electron chi connectivity index (χ3n) is 12.6. The van der Waals surface area contributed by atoms with E-state index in [-0.39, 0.29) is 65.9 Å². The van der Waals surface area contributed by atoms with Crippen LogP contribution in [0.4, 0.5) is 40.3 Å². The number of amides is 2. The zero-order chi connectivity index (χ0) is 59.4. The number of likely N-dealkylation sites (tertiary alicyclic amines) is 2. The molecule has 0 N–H and O–H groups in total. The minimum Gasteiger partial charge on any atom is -0.462 e. The normalized spacial score (nSPS) is 17.3. The summed E-state index contributed by atoms with van der Waals surface area (Å²) in [7, 11) is -6.37. The second-order valence-electron chi connectivity index (χ2n) is 21.1. The molecule has 2 saturated heterocycles. The topological polar surface area (TPSA) is 199 Å². The summed E-state index contributed by atoms with van der Waals surface area (Å²) in [5.41, 5.74) is -10.5. The van der Waals surface area contributed by atoms with Crippen LogP contribution < -0.4 is 15.0 Å². The summed E-state index contributed by atoms with van der Waals surface area (Å²) >= 11 is 0. The average Bonchev–Trinajstić information content (AvgIpc) is 4.29. The van der Waals surface area contributed by atoms with Crippen molar-refractivity contribution in [2.45, 2.75) is 160 Å².